The number of nitrogens with zero attached hydrogens (tertiary/aromatic N) is 4. The van der Waals surface area contributed by atoms with Crippen molar-refractivity contribution in [3.63, 3.8) is 0 Å². The Hall–Kier alpha value is -2.47. The van der Waals surface area contributed by atoms with Crippen LogP contribution in [0.4, 0.5) is 5.95 Å². The van der Waals surface area contributed by atoms with Gasteiger partial charge < -0.3 is 5.32 Å². The Morgan fingerprint density at radius 3 is 2.44 bits per heavy atom. The van der Waals surface area contributed by atoms with Gasteiger partial charge >= 0.3 is 0 Å². The van der Waals surface area contributed by atoms with E-state index in [1.165, 1.54) is 5.56 Å². The summed E-state index contributed by atoms with van der Waals surface area (Å²) >= 11 is 3.49. The van der Waals surface area contributed by atoms with Gasteiger partial charge in [0.25, 0.3) is 0 Å². The van der Waals surface area contributed by atoms with Gasteiger partial charge in [-0.2, -0.15) is 4.68 Å². The van der Waals surface area contributed by atoms with E-state index in [2.05, 4.69) is 93.1 Å². The molecule has 2 heterocycles. The molecule has 25 heavy (non-hydrogen) atoms. The fourth-order valence-corrected chi connectivity index (χ4v) is 3.23. The standard InChI is InChI=1S/C19H18BrN5/c1-12(2)13-3-5-14(6-4-13)17-11-18(15-7-9-16(20)10-8-15)25-19(21-17)22-23-24-25/h3-12,18H,1-2H3,(H,21,22,24)/t18-/m0/s1. The van der Waals surface area contributed by atoms with Crippen molar-refractivity contribution >= 4 is 27.6 Å². The first-order valence-electron chi connectivity index (χ1n) is 8.24. The molecular weight excluding hydrogens is 378 g/mol. The molecule has 1 aliphatic heterocycles. The second kappa shape index (κ2) is 6.44. The third kappa shape index (κ3) is 3.09. The summed E-state index contributed by atoms with van der Waals surface area (Å²) in [5.41, 5.74) is 4.61. The number of halogens is 1. The van der Waals surface area contributed by atoms with Crippen molar-refractivity contribution in [3.05, 3.63) is 75.8 Å². The maximum atomic E-state index is 4.14. The number of allylic oxidation sites excluding steroid dienone is 1. The summed E-state index contributed by atoms with van der Waals surface area (Å²) in [6, 6.07) is 16.8. The molecule has 0 unspecified atom stereocenters. The molecule has 0 aliphatic carbocycles. The molecule has 0 radical (unpaired) electrons. The van der Waals surface area contributed by atoms with Crippen molar-refractivity contribution in [1.82, 2.24) is 20.2 Å². The Bertz CT molecular complexity index is 910. The molecular formula is C19H18BrN5. The molecule has 5 nitrogen and oxygen atoms in total. The summed E-state index contributed by atoms with van der Waals surface area (Å²) in [5, 5.41) is 15.4. The van der Waals surface area contributed by atoms with Crippen LogP contribution in [0, 0.1) is 0 Å². The van der Waals surface area contributed by atoms with Crippen LogP contribution >= 0.6 is 15.9 Å². The molecule has 0 saturated heterocycles. The monoisotopic (exact) mass is 395 g/mol. The number of benzene rings is 2. The highest BCUT2D eigenvalue weighted by molar-refractivity contribution is 9.10. The first-order valence-corrected chi connectivity index (χ1v) is 9.03. The molecule has 0 amide bonds. The second-order valence-corrected chi connectivity index (χ2v) is 7.34. The average molecular weight is 396 g/mol. The Balaban J connectivity index is 1.74. The molecule has 6 heteroatoms. The van der Waals surface area contributed by atoms with Crippen LogP contribution < -0.4 is 5.32 Å². The van der Waals surface area contributed by atoms with Gasteiger partial charge in [0.15, 0.2) is 0 Å². The maximum absolute atomic E-state index is 4.14. The molecule has 0 fully saturated rings. The fourth-order valence-electron chi connectivity index (χ4n) is 2.97. The number of anilines is 1. The Kier molecular flexibility index (Phi) is 4.13. The second-order valence-electron chi connectivity index (χ2n) is 6.43. The van der Waals surface area contributed by atoms with Crippen LogP contribution in [-0.4, -0.2) is 20.2 Å². The van der Waals surface area contributed by atoms with Gasteiger partial charge in [-0.15, -0.1) is 0 Å². The van der Waals surface area contributed by atoms with Crippen molar-refractivity contribution < 1.29 is 0 Å². The number of aromatic nitrogens is 4. The van der Waals surface area contributed by atoms with Crippen LogP contribution in [-0.2, 0) is 0 Å². The van der Waals surface area contributed by atoms with Gasteiger partial charge in [0, 0.05) is 10.2 Å². The lowest BCUT2D eigenvalue weighted by Crippen LogP contribution is -2.20. The summed E-state index contributed by atoms with van der Waals surface area (Å²) < 4.78 is 2.85. The zero-order valence-electron chi connectivity index (χ0n) is 14.0. The normalized spacial score (nSPS) is 16.3. The highest BCUT2D eigenvalue weighted by atomic mass is 79.9. The quantitative estimate of drug-likeness (QED) is 0.702. The summed E-state index contributed by atoms with van der Waals surface area (Å²) in [7, 11) is 0. The van der Waals surface area contributed by atoms with Crippen molar-refractivity contribution in [3.8, 4) is 0 Å². The topological polar surface area (TPSA) is 55.6 Å². The summed E-state index contributed by atoms with van der Waals surface area (Å²) in [6.07, 6.45) is 2.16. The highest BCUT2D eigenvalue weighted by Gasteiger charge is 2.24. The number of nitrogens with one attached hydrogen (secondary N) is 1. The molecule has 3 aromatic rings. The molecule has 1 N–H and O–H groups in total. The minimum Gasteiger partial charge on any atom is -0.323 e. The number of rotatable bonds is 3. The van der Waals surface area contributed by atoms with Crippen LogP contribution in [0.5, 0.6) is 0 Å². The first kappa shape index (κ1) is 16.0. The van der Waals surface area contributed by atoms with Crippen LogP contribution in [0.2, 0.25) is 0 Å². The van der Waals surface area contributed by atoms with Crippen molar-refractivity contribution in [1.29, 1.82) is 0 Å². The molecule has 0 spiro atoms. The Labute approximate surface area is 154 Å². The van der Waals surface area contributed by atoms with Crippen LogP contribution in [0.1, 0.15) is 42.5 Å². The average Bonchev–Trinajstić information content (AvgIpc) is 3.10. The van der Waals surface area contributed by atoms with E-state index >= 15 is 0 Å². The maximum Gasteiger partial charge on any atom is 0.248 e. The smallest absolute Gasteiger partial charge is 0.248 e. The number of hydrogen-bond donors (Lipinski definition) is 1. The molecule has 0 bridgehead atoms. The summed E-state index contributed by atoms with van der Waals surface area (Å²) in [6.45, 7) is 4.40. The van der Waals surface area contributed by atoms with E-state index < -0.39 is 0 Å². The van der Waals surface area contributed by atoms with E-state index in [-0.39, 0.29) is 6.04 Å². The zero-order chi connectivity index (χ0) is 17.4. The predicted molar refractivity (Wildman–Crippen MR) is 102 cm³/mol. The zero-order valence-corrected chi connectivity index (χ0v) is 15.6. The van der Waals surface area contributed by atoms with Crippen LogP contribution in [0.3, 0.4) is 0 Å². The van der Waals surface area contributed by atoms with E-state index in [0.29, 0.717) is 11.9 Å². The van der Waals surface area contributed by atoms with E-state index in [1.54, 1.807) is 4.68 Å². The third-order valence-corrected chi connectivity index (χ3v) is 4.96. The Morgan fingerprint density at radius 1 is 1.04 bits per heavy atom. The predicted octanol–water partition coefficient (Wildman–Crippen LogP) is 4.62. The third-order valence-electron chi connectivity index (χ3n) is 4.43. The minimum absolute atomic E-state index is 0.0425. The van der Waals surface area contributed by atoms with E-state index in [4.69, 9.17) is 0 Å². The van der Waals surface area contributed by atoms with Crippen molar-refractivity contribution in [2.24, 2.45) is 0 Å². The van der Waals surface area contributed by atoms with Gasteiger partial charge in [-0.05, 0) is 51.2 Å². The lowest BCUT2D eigenvalue weighted by Gasteiger charge is -2.23. The summed E-state index contributed by atoms with van der Waals surface area (Å²) in [4.78, 5) is 0. The van der Waals surface area contributed by atoms with Crippen LogP contribution in [0.25, 0.3) is 5.70 Å². The molecule has 4 rings (SSSR count). The van der Waals surface area contributed by atoms with Gasteiger partial charge in [-0.25, -0.2) is 0 Å². The SMILES string of the molecule is CC(C)c1ccc(C2=C[C@@H](c3ccc(Br)cc3)n3nnnc3N2)cc1. The lowest BCUT2D eigenvalue weighted by molar-refractivity contribution is 0.586. The molecule has 1 atom stereocenters. The lowest BCUT2D eigenvalue weighted by atomic mass is 9.98. The van der Waals surface area contributed by atoms with E-state index in [9.17, 15) is 0 Å². The van der Waals surface area contributed by atoms with E-state index in [1.807, 2.05) is 12.1 Å². The van der Waals surface area contributed by atoms with Gasteiger partial charge in [0.2, 0.25) is 5.95 Å². The molecule has 126 valence electrons. The van der Waals surface area contributed by atoms with Gasteiger partial charge in [0.05, 0.1) is 0 Å². The molecule has 1 aromatic heterocycles. The number of hydrogen-bond acceptors (Lipinski definition) is 4. The van der Waals surface area contributed by atoms with Gasteiger partial charge in [-0.3, -0.25) is 0 Å². The van der Waals surface area contributed by atoms with Gasteiger partial charge in [-0.1, -0.05) is 71.3 Å². The molecule has 2 aromatic carbocycles. The van der Waals surface area contributed by atoms with Gasteiger partial charge in [0.1, 0.15) is 6.04 Å². The number of fused-ring (bicyclic) bond motifs is 1. The minimum atomic E-state index is -0.0425. The highest BCUT2D eigenvalue weighted by Crippen LogP contribution is 2.32. The van der Waals surface area contributed by atoms with Crippen molar-refractivity contribution in [2.75, 3.05) is 5.32 Å². The fraction of sp³-hybridized carbons (Fsp3) is 0.211. The Morgan fingerprint density at radius 2 is 1.76 bits per heavy atom. The largest absolute Gasteiger partial charge is 0.323 e. The van der Waals surface area contributed by atoms with Crippen molar-refractivity contribution in [2.45, 2.75) is 25.8 Å². The molecule has 0 saturated carbocycles. The molecule has 1 aliphatic rings. The van der Waals surface area contributed by atoms with Crippen LogP contribution in [0.15, 0.2) is 59.1 Å². The van der Waals surface area contributed by atoms with E-state index in [0.717, 1.165) is 21.3 Å². The summed E-state index contributed by atoms with van der Waals surface area (Å²) in [5.74, 6) is 1.17. The first-order chi connectivity index (χ1) is 12.1. The number of tetrazole rings is 1.